The maximum absolute atomic E-state index is 4.93. The number of nitrogens with one attached hydrogen (secondary N) is 1. The second-order valence-corrected chi connectivity index (χ2v) is 10.3. The van der Waals surface area contributed by atoms with Gasteiger partial charge < -0.3 is 5.32 Å². The van der Waals surface area contributed by atoms with Crippen LogP contribution in [0.25, 0.3) is 22.2 Å². The summed E-state index contributed by atoms with van der Waals surface area (Å²) in [7, 11) is 0. The van der Waals surface area contributed by atoms with Gasteiger partial charge in [-0.15, -0.1) is 0 Å². The second-order valence-electron chi connectivity index (χ2n) is 10.3. The lowest BCUT2D eigenvalue weighted by Gasteiger charge is -2.46. The van der Waals surface area contributed by atoms with E-state index < -0.39 is 0 Å². The molecule has 1 aliphatic heterocycles. The Hall–Kier alpha value is -2.14. The van der Waals surface area contributed by atoms with Crippen LogP contribution >= 0.6 is 0 Å². The van der Waals surface area contributed by atoms with Crippen molar-refractivity contribution < 1.29 is 0 Å². The monoisotopic (exact) mass is 391 g/mol. The molecule has 5 rings (SSSR count). The molecule has 2 fully saturated rings. The summed E-state index contributed by atoms with van der Waals surface area (Å²) in [6.45, 7) is 11.4. The Morgan fingerprint density at radius 1 is 1.00 bits per heavy atom. The van der Waals surface area contributed by atoms with Gasteiger partial charge >= 0.3 is 0 Å². The maximum atomic E-state index is 4.93. The summed E-state index contributed by atoms with van der Waals surface area (Å²) in [5.41, 5.74) is 5.15. The van der Waals surface area contributed by atoms with Crippen molar-refractivity contribution in [3.8, 4) is 11.3 Å². The SMILES string of the molecule is CCc1nn(C2CC2)c2cc(-c3ccnn3C3CC(C)(C)NC(C)(C)C3)ccc12. The predicted octanol–water partition coefficient (Wildman–Crippen LogP) is 5.28. The van der Waals surface area contributed by atoms with Crippen molar-refractivity contribution in [3.05, 3.63) is 36.2 Å². The van der Waals surface area contributed by atoms with Crippen LogP contribution in [0.3, 0.4) is 0 Å². The van der Waals surface area contributed by atoms with Crippen molar-refractivity contribution in [2.45, 2.75) is 89.9 Å². The van der Waals surface area contributed by atoms with Gasteiger partial charge in [-0.1, -0.05) is 19.1 Å². The molecule has 3 aromatic rings. The van der Waals surface area contributed by atoms with Gasteiger partial charge in [0, 0.05) is 28.2 Å². The number of piperidine rings is 1. The smallest absolute Gasteiger partial charge is 0.0700 e. The third-order valence-electron chi connectivity index (χ3n) is 6.49. The van der Waals surface area contributed by atoms with E-state index in [0.717, 1.165) is 19.3 Å². The molecule has 1 saturated heterocycles. The largest absolute Gasteiger partial charge is 0.307 e. The van der Waals surface area contributed by atoms with Gasteiger partial charge in [-0.05, 0) is 71.9 Å². The fraction of sp³-hybridized carbons (Fsp3) is 0.583. The van der Waals surface area contributed by atoms with Gasteiger partial charge in [-0.3, -0.25) is 9.36 Å². The van der Waals surface area contributed by atoms with E-state index in [4.69, 9.17) is 10.2 Å². The average Bonchev–Trinajstić information content (AvgIpc) is 3.24. The topological polar surface area (TPSA) is 47.7 Å². The number of rotatable bonds is 4. The van der Waals surface area contributed by atoms with Crippen LogP contribution in [0.2, 0.25) is 0 Å². The Labute approximate surface area is 173 Å². The third kappa shape index (κ3) is 3.39. The number of hydrogen-bond acceptors (Lipinski definition) is 3. The summed E-state index contributed by atoms with van der Waals surface area (Å²) in [4.78, 5) is 0. The standard InChI is InChI=1S/C24H33N5/c1-6-20-19-10-7-16(13-22(19)29(26-20)17-8-9-17)21-11-12-25-28(21)18-14-23(2,3)27-24(4,5)15-18/h7,10-13,17-18,27H,6,8-9,14-15H2,1-5H3. The van der Waals surface area contributed by atoms with Crippen molar-refractivity contribution in [3.63, 3.8) is 0 Å². The highest BCUT2D eigenvalue weighted by Gasteiger charge is 2.39. The first kappa shape index (κ1) is 18.9. The van der Waals surface area contributed by atoms with Crippen molar-refractivity contribution in [2.75, 3.05) is 0 Å². The van der Waals surface area contributed by atoms with E-state index in [1.807, 2.05) is 6.20 Å². The van der Waals surface area contributed by atoms with E-state index in [1.54, 1.807) is 0 Å². The summed E-state index contributed by atoms with van der Waals surface area (Å²) < 4.78 is 4.54. The molecule has 1 aliphatic carbocycles. The summed E-state index contributed by atoms with van der Waals surface area (Å²) in [6, 6.07) is 10.0. The third-order valence-corrected chi connectivity index (χ3v) is 6.49. The number of aryl methyl sites for hydroxylation is 1. The Morgan fingerprint density at radius 2 is 1.72 bits per heavy atom. The highest BCUT2D eigenvalue weighted by atomic mass is 15.3. The quantitative estimate of drug-likeness (QED) is 0.658. The lowest BCUT2D eigenvalue weighted by Crippen LogP contribution is -2.58. The average molecular weight is 392 g/mol. The molecule has 29 heavy (non-hydrogen) atoms. The van der Waals surface area contributed by atoms with Gasteiger partial charge in [0.05, 0.1) is 29.0 Å². The molecule has 0 amide bonds. The van der Waals surface area contributed by atoms with E-state index in [-0.39, 0.29) is 11.1 Å². The molecule has 0 unspecified atom stereocenters. The minimum absolute atomic E-state index is 0.0974. The molecule has 0 radical (unpaired) electrons. The molecule has 0 atom stereocenters. The highest BCUT2D eigenvalue weighted by molar-refractivity contribution is 5.86. The van der Waals surface area contributed by atoms with Gasteiger partial charge in [0.1, 0.15) is 0 Å². The molecule has 5 heteroatoms. The molecule has 0 bridgehead atoms. The van der Waals surface area contributed by atoms with Gasteiger partial charge in [0.2, 0.25) is 0 Å². The van der Waals surface area contributed by atoms with Crippen molar-refractivity contribution >= 4 is 10.9 Å². The summed E-state index contributed by atoms with van der Waals surface area (Å²) in [5, 5.41) is 14.8. The van der Waals surface area contributed by atoms with Crippen LogP contribution in [0.4, 0.5) is 0 Å². The molecule has 2 aromatic heterocycles. The molecule has 5 nitrogen and oxygen atoms in total. The lowest BCUT2D eigenvalue weighted by molar-refractivity contribution is 0.127. The van der Waals surface area contributed by atoms with Crippen LogP contribution in [-0.4, -0.2) is 30.6 Å². The van der Waals surface area contributed by atoms with E-state index in [0.29, 0.717) is 12.1 Å². The summed E-state index contributed by atoms with van der Waals surface area (Å²) >= 11 is 0. The second kappa shape index (κ2) is 6.43. The van der Waals surface area contributed by atoms with Crippen LogP contribution in [0.15, 0.2) is 30.5 Å². The fourth-order valence-electron chi connectivity index (χ4n) is 5.50. The Bertz CT molecular complexity index is 1030. The lowest BCUT2D eigenvalue weighted by atomic mass is 9.79. The van der Waals surface area contributed by atoms with E-state index in [9.17, 15) is 0 Å². The zero-order chi connectivity index (χ0) is 20.4. The molecule has 1 N–H and O–H groups in total. The van der Waals surface area contributed by atoms with E-state index >= 15 is 0 Å². The minimum Gasteiger partial charge on any atom is -0.307 e. The number of benzene rings is 1. The molecular weight excluding hydrogens is 358 g/mol. The Balaban J connectivity index is 1.57. The molecule has 2 aliphatic rings. The number of aromatic nitrogens is 4. The number of hydrogen-bond donors (Lipinski definition) is 1. The van der Waals surface area contributed by atoms with Crippen LogP contribution in [0, 0.1) is 0 Å². The highest BCUT2D eigenvalue weighted by Crippen LogP contribution is 2.40. The van der Waals surface area contributed by atoms with Crippen LogP contribution < -0.4 is 5.32 Å². The van der Waals surface area contributed by atoms with E-state index in [2.05, 4.69) is 73.6 Å². The zero-order valence-electron chi connectivity index (χ0n) is 18.4. The van der Waals surface area contributed by atoms with Crippen LogP contribution in [0.1, 0.15) is 78.1 Å². The first-order chi connectivity index (χ1) is 13.8. The van der Waals surface area contributed by atoms with Crippen LogP contribution in [-0.2, 0) is 6.42 Å². The van der Waals surface area contributed by atoms with Crippen LogP contribution in [0.5, 0.6) is 0 Å². The normalized spacial score (nSPS) is 21.7. The minimum atomic E-state index is 0.0974. The Kier molecular flexibility index (Phi) is 4.18. The number of nitrogens with zero attached hydrogens (tertiary/aromatic N) is 4. The zero-order valence-corrected chi connectivity index (χ0v) is 18.4. The number of fused-ring (bicyclic) bond motifs is 1. The molecule has 3 heterocycles. The van der Waals surface area contributed by atoms with Crippen molar-refractivity contribution in [1.29, 1.82) is 0 Å². The van der Waals surface area contributed by atoms with Gasteiger partial charge in [0.15, 0.2) is 0 Å². The van der Waals surface area contributed by atoms with Gasteiger partial charge in [0.25, 0.3) is 0 Å². The molecule has 154 valence electrons. The Morgan fingerprint density at radius 3 is 2.38 bits per heavy atom. The van der Waals surface area contributed by atoms with Crippen molar-refractivity contribution in [2.24, 2.45) is 0 Å². The fourth-order valence-corrected chi connectivity index (χ4v) is 5.50. The molecule has 0 spiro atoms. The van der Waals surface area contributed by atoms with Gasteiger partial charge in [-0.25, -0.2) is 0 Å². The first-order valence-corrected chi connectivity index (χ1v) is 11.1. The molecule has 1 aromatic carbocycles. The van der Waals surface area contributed by atoms with E-state index in [1.165, 1.54) is 40.7 Å². The molecule has 1 saturated carbocycles. The summed E-state index contributed by atoms with van der Waals surface area (Å²) in [6.07, 6.45) is 7.59. The summed E-state index contributed by atoms with van der Waals surface area (Å²) in [5.74, 6) is 0. The maximum Gasteiger partial charge on any atom is 0.0700 e. The molecular formula is C24H33N5. The first-order valence-electron chi connectivity index (χ1n) is 11.1. The van der Waals surface area contributed by atoms with Crippen molar-refractivity contribution in [1.82, 2.24) is 24.9 Å². The van der Waals surface area contributed by atoms with Gasteiger partial charge in [-0.2, -0.15) is 10.2 Å². The predicted molar refractivity (Wildman–Crippen MR) is 118 cm³/mol.